The van der Waals surface area contributed by atoms with Gasteiger partial charge in [-0.05, 0) is 51.1 Å². The monoisotopic (exact) mass is 411 g/mol. The molecule has 0 spiro atoms. The standard InChI is InChI=1S/C21H19ClFN5O/c1-10(16-9-13-8-14(22)4-5-17(13)26-21(16)29)25-20-19(23)15(6-7-24-20)18-11(2)27-28-12(18)3/h4-10H,1-3H3,(H,24,25)(H,26,29)(H,27,28)/t10-/m0/s1. The Balaban J connectivity index is 1.72. The molecule has 0 unspecified atom stereocenters. The summed E-state index contributed by atoms with van der Waals surface area (Å²) in [6.07, 6.45) is 1.53. The SMILES string of the molecule is Cc1n[nH]c(C)c1-c1ccnc(N[C@@H](C)c2cc3cc(Cl)ccc3[nH]c2=O)c1F. The number of nitrogens with zero attached hydrogens (tertiary/aromatic N) is 2. The number of benzene rings is 1. The van der Waals surface area contributed by atoms with Crippen LogP contribution in [-0.4, -0.2) is 20.2 Å². The fourth-order valence-electron chi connectivity index (χ4n) is 3.48. The Kier molecular flexibility index (Phi) is 4.84. The quantitative estimate of drug-likeness (QED) is 0.446. The summed E-state index contributed by atoms with van der Waals surface area (Å²) in [7, 11) is 0. The number of H-pyrrole nitrogens is 2. The predicted octanol–water partition coefficient (Wildman–Crippen LogP) is 4.90. The van der Waals surface area contributed by atoms with Gasteiger partial charge in [0.2, 0.25) is 0 Å². The number of nitrogens with one attached hydrogen (secondary N) is 3. The number of pyridine rings is 2. The second-order valence-corrected chi connectivity index (χ2v) is 7.42. The molecule has 4 aromatic rings. The van der Waals surface area contributed by atoms with Crippen molar-refractivity contribution in [1.82, 2.24) is 20.2 Å². The van der Waals surface area contributed by atoms with Crippen molar-refractivity contribution < 1.29 is 4.39 Å². The number of halogens is 2. The molecule has 3 aromatic heterocycles. The van der Waals surface area contributed by atoms with Crippen molar-refractivity contribution in [2.75, 3.05) is 5.32 Å². The predicted molar refractivity (Wildman–Crippen MR) is 113 cm³/mol. The highest BCUT2D eigenvalue weighted by atomic mass is 35.5. The number of fused-ring (bicyclic) bond motifs is 1. The first-order valence-corrected chi connectivity index (χ1v) is 9.48. The van der Waals surface area contributed by atoms with Gasteiger partial charge in [-0.3, -0.25) is 9.89 Å². The minimum Gasteiger partial charge on any atom is -0.361 e. The topological polar surface area (TPSA) is 86.5 Å². The van der Waals surface area contributed by atoms with E-state index in [9.17, 15) is 4.79 Å². The Hall–Kier alpha value is -3.19. The lowest BCUT2D eigenvalue weighted by atomic mass is 10.0. The van der Waals surface area contributed by atoms with Gasteiger partial charge in [0, 0.05) is 44.5 Å². The molecule has 148 valence electrons. The third-order valence-corrected chi connectivity index (χ3v) is 5.18. The summed E-state index contributed by atoms with van der Waals surface area (Å²) in [5, 5.41) is 11.4. The molecular formula is C21H19ClFN5O. The molecule has 4 rings (SSSR count). The van der Waals surface area contributed by atoms with Crippen molar-refractivity contribution in [3.63, 3.8) is 0 Å². The highest BCUT2D eigenvalue weighted by Gasteiger charge is 2.19. The normalized spacial score (nSPS) is 12.3. The van der Waals surface area contributed by atoms with Crippen LogP contribution in [0.15, 0.2) is 41.3 Å². The van der Waals surface area contributed by atoms with E-state index in [1.165, 1.54) is 6.20 Å². The van der Waals surface area contributed by atoms with Crippen molar-refractivity contribution in [3.8, 4) is 11.1 Å². The minimum atomic E-state index is -0.493. The largest absolute Gasteiger partial charge is 0.361 e. The average molecular weight is 412 g/mol. The molecule has 0 bridgehead atoms. The van der Waals surface area contributed by atoms with Crippen molar-refractivity contribution in [1.29, 1.82) is 0 Å². The first-order chi connectivity index (χ1) is 13.8. The highest BCUT2D eigenvalue weighted by molar-refractivity contribution is 6.31. The van der Waals surface area contributed by atoms with Crippen molar-refractivity contribution >= 4 is 28.3 Å². The van der Waals surface area contributed by atoms with E-state index in [-0.39, 0.29) is 11.4 Å². The van der Waals surface area contributed by atoms with Gasteiger partial charge in [-0.15, -0.1) is 0 Å². The van der Waals surface area contributed by atoms with E-state index in [0.717, 1.165) is 11.1 Å². The van der Waals surface area contributed by atoms with E-state index in [1.807, 2.05) is 13.8 Å². The zero-order valence-electron chi connectivity index (χ0n) is 16.1. The molecule has 1 atom stereocenters. The van der Waals surface area contributed by atoms with Crippen LogP contribution in [0.1, 0.15) is 29.9 Å². The molecule has 0 saturated carbocycles. The molecule has 0 aliphatic carbocycles. The van der Waals surface area contributed by atoms with Crippen LogP contribution in [0.25, 0.3) is 22.0 Å². The molecule has 0 radical (unpaired) electrons. The van der Waals surface area contributed by atoms with Gasteiger partial charge in [-0.1, -0.05) is 11.6 Å². The molecule has 29 heavy (non-hydrogen) atoms. The third-order valence-electron chi connectivity index (χ3n) is 4.94. The maximum absolute atomic E-state index is 15.2. The fourth-order valence-corrected chi connectivity index (χ4v) is 3.66. The zero-order valence-corrected chi connectivity index (χ0v) is 16.9. The Morgan fingerprint density at radius 2 is 2.00 bits per heavy atom. The number of aryl methyl sites for hydroxylation is 2. The van der Waals surface area contributed by atoms with E-state index in [1.54, 1.807) is 37.3 Å². The second-order valence-electron chi connectivity index (χ2n) is 6.98. The van der Waals surface area contributed by atoms with Crippen LogP contribution in [0.5, 0.6) is 0 Å². The molecular weight excluding hydrogens is 393 g/mol. The summed E-state index contributed by atoms with van der Waals surface area (Å²) in [5.74, 6) is -0.423. The van der Waals surface area contributed by atoms with Crippen LogP contribution in [0.4, 0.5) is 10.2 Å². The van der Waals surface area contributed by atoms with Gasteiger partial charge in [0.15, 0.2) is 11.6 Å². The van der Waals surface area contributed by atoms with Crippen LogP contribution in [0.2, 0.25) is 5.02 Å². The van der Waals surface area contributed by atoms with Gasteiger partial charge in [-0.2, -0.15) is 5.10 Å². The van der Waals surface area contributed by atoms with Crippen LogP contribution in [0.3, 0.4) is 0 Å². The van der Waals surface area contributed by atoms with Crippen molar-refractivity contribution in [2.45, 2.75) is 26.8 Å². The van der Waals surface area contributed by atoms with Crippen molar-refractivity contribution in [2.24, 2.45) is 0 Å². The minimum absolute atomic E-state index is 0.0700. The molecule has 0 saturated heterocycles. The van der Waals surface area contributed by atoms with Gasteiger partial charge in [-0.25, -0.2) is 9.37 Å². The van der Waals surface area contributed by atoms with Gasteiger partial charge in [0.1, 0.15) is 0 Å². The van der Waals surface area contributed by atoms with Gasteiger partial charge < -0.3 is 10.3 Å². The summed E-state index contributed by atoms with van der Waals surface area (Å²) in [4.78, 5) is 19.5. The fraction of sp³-hybridized carbons (Fsp3) is 0.190. The number of aromatic amines is 2. The van der Waals surface area contributed by atoms with E-state index < -0.39 is 11.9 Å². The molecule has 0 aliphatic rings. The summed E-state index contributed by atoms with van der Waals surface area (Å²) in [6, 6.07) is 8.12. The highest BCUT2D eigenvalue weighted by Crippen LogP contribution is 2.31. The number of hydrogen-bond donors (Lipinski definition) is 3. The maximum atomic E-state index is 15.2. The number of anilines is 1. The van der Waals surface area contributed by atoms with E-state index in [0.29, 0.717) is 32.9 Å². The number of aromatic nitrogens is 4. The smallest absolute Gasteiger partial charge is 0.253 e. The van der Waals surface area contributed by atoms with Crippen LogP contribution in [-0.2, 0) is 0 Å². The van der Waals surface area contributed by atoms with Crippen LogP contribution in [0, 0.1) is 19.7 Å². The van der Waals surface area contributed by atoms with E-state index >= 15 is 4.39 Å². The molecule has 6 nitrogen and oxygen atoms in total. The summed E-state index contributed by atoms with van der Waals surface area (Å²) >= 11 is 6.06. The lowest BCUT2D eigenvalue weighted by Crippen LogP contribution is -2.20. The first kappa shape index (κ1) is 19.1. The lowest BCUT2D eigenvalue weighted by molar-refractivity contribution is 0.624. The molecule has 3 N–H and O–H groups in total. The average Bonchev–Trinajstić information content (AvgIpc) is 3.01. The van der Waals surface area contributed by atoms with E-state index in [2.05, 4.69) is 25.5 Å². The van der Waals surface area contributed by atoms with Crippen LogP contribution >= 0.6 is 11.6 Å². The summed E-state index contributed by atoms with van der Waals surface area (Å²) in [5.41, 5.74) is 3.48. The first-order valence-electron chi connectivity index (χ1n) is 9.10. The molecule has 8 heteroatoms. The lowest BCUT2D eigenvalue weighted by Gasteiger charge is -2.16. The number of rotatable bonds is 4. The second kappa shape index (κ2) is 7.33. The summed E-state index contributed by atoms with van der Waals surface area (Å²) in [6.45, 7) is 5.43. The van der Waals surface area contributed by atoms with Crippen LogP contribution < -0.4 is 10.9 Å². The number of hydrogen-bond acceptors (Lipinski definition) is 4. The molecule has 3 heterocycles. The Bertz CT molecular complexity index is 1260. The van der Waals surface area contributed by atoms with E-state index in [4.69, 9.17) is 11.6 Å². The molecule has 1 aromatic carbocycles. The Morgan fingerprint density at radius 1 is 1.21 bits per heavy atom. The Morgan fingerprint density at radius 3 is 2.72 bits per heavy atom. The zero-order chi connectivity index (χ0) is 20.7. The maximum Gasteiger partial charge on any atom is 0.253 e. The molecule has 0 fully saturated rings. The Labute approximate surface area is 171 Å². The van der Waals surface area contributed by atoms with Gasteiger partial charge in [0.25, 0.3) is 5.56 Å². The molecule has 0 aliphatic heterocycles. The van der Waals surface area contributed by atoms with Gasteiger partial charge >= 0.3 is 0 Å². The van der Waals surface area contributed by atoms with Gasteiger partial charge in [0.05, 0.1) is 11.7 Å². The third kappa shape index (κ3) is 3.49. The van der Waals surface area contributed by atoms with Crippen molar-refractivity contribution in [3.05, 3.63) is 74.7 Å². The summed E-state index contributed by atoms with van der Waals surface area (Å²) < 4.78 is 15.2. The molecule has 0 amide bonds.